The van der Waals surface area contributed by atoms with Crippen LogP contribution in [0.1, 0.15) is 40.0 Å². The minimum atomic E-state index is -0.428. The third-order valence-corrected chi connectivity index (χ3v) is 3.10. The van der Waals surface area contributed by atoms with Crippen LogP contribution in [0.5, 0.6) is 0 Å². The molecule has 0 N–H and O–H groups in total. The number of carbonyl (C=O) groups excluding carboxylic acids is 1. The van der Waals surface area contributed by atoms with Gasteiger partial charge in [0.15, 0.2) is 0 Å². The Morgan fingerprint density at radius 2 is 2.27 bits per heavy atom. The lowest BCUT2D eigenvalue weighted by Gasteiger charge is -2.23. The first kappa shape index (κ1) is 12.0. The maximum Gasteiger partial charge on any atom is 0.240 e. The highest BCUT2D eigenvalue weighted by Gasteiger charge is 2.33. The van der Waals surface area contributed by atoms with Crippen LogP contribution in [0, 0.1) is 23.2 Å². The Hall–Kier alpha value is -1.04. The van der Waals surface area contributed by atoms with E-state index in [-0.39, 0.29) is 5.91 Å². The molecule has 0 radical (unpaired) electrons. The average Bonchev–Trinajstić information content (AvgIpc) is 2.53. The number of likely N-dealkylation sites (tertiary alicyclic amines) is 1. The Morgan fingerprint density at radius 1 is 1.60 bits per heavy atom. The summed E-state index contributed by atoms with van der Waals surface area (Å²) in [5.41, 5.74) is 0. The number of nitrogens with zero attached hydrogens (tertiary/aromatic N) is 2. The fourth-order valence-corrected chi connectivity index (χ4v) is 2.34. The van der Waals surface area contributed by atoms with Crippen molar-refractivity contribution >= 4 is 5.91 Å². The summed E-state index contributed by atoms with van der Waals surface area (Å²) in [5, 5.41) is 8.94. The molecule has 0 aliphatic carbocycles. The molecule has 1 saturated heterocycles. The molecule has 3 atom stereocenters. The molecule has 1 aliphatic heterocycles. The van der Waals surface area contributed by atoms with E-state index < -0.39 is 5.92 Å². The van der Waals surface area contributed by atoms with Gasteiger partial charge in [0, 0.05) is 12.6 Å². The van der Waals surface area contributed by atoms with Crippen molar-refractivity contribution in [2.45, 2.75) is 46.1 Å². The van der Waals surface area contributed by atoms with Gasteiger partial charge in [-0.1, -0.05) is 20.3 Å². The third kappa shape index (κ3) is 2.71. The second-order valence-electron chi connectivity index (χ2n) is 4.65. The normalized spacial score (nSPS) is 27.5. The first-order valence-electron chi connectivity index (χ1n) is 5.80. The van der Waals surface area contributed by atoms with Crippen molar-refractivity contribution in [1.82, 2.24) is 4.90 Å². The van der Waals surface area contributed by atoms with Gasteiger partial charge in [-0.15, -0.1) is 0 Å². The lowest BCUT2D eigenvalue weighted by Crippen LogP contribution is -2.38. The van der Waals surface area contributed by atoms with Crippen molar-refractivity contribution in [1.29, 1.82) is 5.26 Å². The van der Waals surface area contributed by atoms with Crippen LogP contribution in [0.15, 0.2) is 0 Å². The van der Waals surface area contributed by atoms with Crippen LogP contribution < -0.4 is 0 Å². The minimum Gasteiger partial charge on any atom is -0.339 e. The number of amides is 1. The predicted molar refractivity (Wildman–Crippen MR) is 59.0 cm³/mol. The van der Waals surface area contributed by atoms with Crippen LogP contribution in [0.2, 0.25) is 0 Å². The van der Waals surface area contributed by atoms with Gasteiger partial charge < -0.3 is 4.90 Å². The molecule has 0 spiro atoms. The summed E-state index contributed by atoms with van der Waals surface area (Å²) >= 11 is 0. The number of rotatable bonds is 3. The van der Waals surface area contributed by atoms with Crippen LogP contribution in [-0.2, 0) is 4.79 Å². The van der Waals surface area contributed by atoms with Gasteiger partial charge in [-0.3, -0.25) is 4.79 Å². The fraction of sp³-hybridized carbons (Fsp3) is 0.833. The van der Waals surface area contributed by atoms with Crippen molar-refractivity contribution in [2.75, 3.05) is 6.54 Å². The standard InChI is InChI=1S/C12H20N2O/c1-4-5-11(7-13)12(15)14-8-9(2)6-10(14)3/h9-11H,4-6,8H2,1-3H3. The van der Waals surface area contributed by atoms with Crippen LogP contribution in [0.3, 0.4) is 0 Å². The molecular formula is C12H20N2O. The van der Waals surface area contributed by atoms with Gasteiger partial charge in [-0.05, 0) is 25.7 Å². The van der Waals surface area contributed by atoms with Crippen LogP contribution >= 0.6 is 0 Å². The van der Waals surface area contributed by atoms with Crippen LogP contribution in [0.25, 0.3) is 0 Å². The number of carbonyl (C=O) groups is 1. The Balaban J connectivity index is 2.63. The molecule has 1 aliphatic rings. The van der Waals surface area contributed by atoms with E-state index in [1.807, 2.05) is 11.8 Å². The smallest absolute Gasteiger partial charge is 0.240 e. The monoisotopic (exact) mass is 208 g/mol. The molecule has 0 bridgehead atoms. The van der Waals surface area contributed by atoms with Gasteiger partial charge in [0.1, 0.15) is 5.92 Å². The summed E-state index contributed by atoms with van der Waals surface area (Å²) in [6.07, 6.45) is 2.64. The molecule has 0 aromatic heterocycles. The number of hydrogen-bond donors (Lipinski definition) is 0. The van der Waals surface area contributed by atoms with Crippen molar-refractivity contribution in [3.05, 3.63) is 0 Å². The highest BCUT2D eigenvalue weighted by atomic mass is 16.2. The van der Waals surface area contributed by atoms with Gasteiger partial charge in [0.2, 0.25) is 5.91 Å². The SMILES string of the molecule is CCCC(C#N)C(=O)N1CC(C)CC1C. The molecule has 1 heterocycles. The maximum atomic E-state index is 12.0. The summed E-state index contributed by atoms with van der Waals surface area (Å²) in [6, 6.07) is 2.43. The van der Waals surface area contributed by atoms with E-state index >= 15 is 0 Å². The van der Waals surface area contributed by atoms with Gasteiger partial charge in [0.25, 0.3) is 0 Å². The highest BCUT2D eigenvalue weighted by Crippen LogP contribution is 2.24. The Morgan fingerprint density at radius 3 is 2.67 bits per heavy atom. The van der Waals surface area contributed by atoms with E-state index in [1.165, 1.54) is 0 Å². The van der Waals surface area contributed by atoms with Gasteiger partial charge in [0.05, 0.1) is 6.07 Å². The van der Waals surface area contributed by atoms with E-state index in [0.717, 1.165) is 19.4 Å². The summed E-state index contributed by atoms with van der Waals surface area (Å²) in [6.45, 7) is 7.06. The van der Waals surface area contributed by atoms with Gasteiger partial charge in [-0.2, -0.15) is 5.26 Å². The van der Waals surface area contributed by atoms with E-state index in [4.69, 9.17) is 5.26 Å². The maximum absolute atomic E-state index is 12.0. The Labute approximate surface area is 92.1 Å². The second kappa shape index (κ2) is 5.16. The zero-order valence-corrected chi connectivity index (χ0v) is 9.86. The summed E-state index contributed by atoms with van der Waals surface area (Å²) in [5.74, 6) is 0.184. The Bertz CT molecular complexity index is 269. The molecule has 0 saturated carbocycles. The quantitative estimate of drug-likeness (QED) is 0.713. The second-order valence-corrected chi connectivity index (χ2v) is 4.65. The molecule has 3 nitrogen and oxygen atoms in total. The number of nitriles is 1. The van der Waals surface area contributed by atoms with Crippen LogP contribution in [-0.4, -0.2) is 23.4 Å². The molecule has 0 aromatic rings. The molecule has 1 fully saturated rings. The molecule has 3 unspecified atom stereocenters. The van der Waals surface area contributed by atoms with Crippen LogP contribution in [0.4, 0.5) is 0 Å². The van der Waals surface area contributed by atoms with Crippen molar-refractivity contribution in [3.63, 3.8) is 0 Å². The van der Waals surface area contributed by atoms with Crippen molar-refractivity contribution < 1.29 is 4.79 Å². The number of hydrogen-bond acceptors (Lipinski definition) is 2. The predicted octanol–water partition coefficient (Wildman–Crippen LogP) is 2.18. The first-order chi connectivity index (χ1) is 7.10. The van der Waals surface area contributed by atoms with E-state index in [0.29, 0.717) is 18.4 Å². The topological polar surface area (TPSA) is 44.1 Å². The molecule has 3 heteroatoms. The van der Waals surface area contributed by atoms with Gasteiger partial charge >= 0.3 is 0 Å². The molecule has 84 valence electrons. The zero-order valence-electron chi connectivity index (χ0n) is 9.86. The van der Waals surface area contributed by atoms with E-state index in [2.05, 4.69) is 19.9 Å². The summed E-state index contributed by atoms with van der Waals surface area (Å²) in [7, 11) is 0. The largest absolute Gasteiger partial charge is 0.339 e. The highest BCUT2D eigenvalue weighted by molar-refractivity contribution is 5.81. The Kier molecular flexibility index (Phi) is 4.14. The molecule has 15 heavy (non-hydrogen) atoms. The lowest BCUT2D eigenvalue weighted by molar-refractivity contribution is -0.134. The summed E-state index contributed by atoms with van der Waals surface area (Å²) in [4.78, 5) is 13.9. The summed E-state index contributed by atoms with van der Waals surface area (Å²) < 4.78 is 0. The van der Waals surface area contributed by atoms with Gasteiger partial charge in [-0.25, -0.2) is 0 Å². The van der Waals surface area contributed by atoms with Crippen molar-refractivity contribution in [3.8, 4) is 6.07 Å². The molecule has 0 aromatic carbocycles. The molecule has 1 amide bonds. The van der Waals surface area contributed by atoms with E-state index in [1.54, 1.807) is 0 Å². The van der Waals surface area contributed by atoms with Crippen molar-refractivity contribution in [2.24, 2.45) is 11.8 Å². The van der Waals surface area contributed by atoms with E-state index in [9.17, 15) is 4.79 Å². The fourth-order valence-electron chi connectivity index (χ4n) is 2.34. The third-order valence-electron chi connectivity index (χ3n) is 3.10. The lowest BCUT2D eigenvalue weighted by atomic mass is 10.0. The zero-order chi connectivity index (χ0) is 11.4. The first-order valence-corrected chi connectivity index (χ1v) is 5.80. The molecule has 1 rings (SSSR count). The average molecular weight is 208 g/mol. The minimum absolute atomic E-state index is 0.0381. The molecular weight excluding hydrogens is 188 g/mol.